The number of nitrogens with two attached hydrogens (primary N) is 1. The van der Waals surface area contributed by atoms with Crippen LogP contribution >= 0.6 is 11.8 Å². The molecule has 1 rings (SSSR count). The molecular formula is C13H17F3N2O2S. The molecular weight excluding hydrogens is 305 g/mol. The largest absolute Gasteiger partial charge is 0.398 e. The summed E-state index contributed by atoms with van der Waals surface area (Å²) in [7, 11) is 1.49. The Kier molecular flexibility index (Phi) is 7.00. The number of benzene rings is 1. The molecule has 1 aromatic rings. The number of halogens is 3. The van der Waals surface area contributed by atoms with Crippen molar-refractivity contribution >= 4 is 23.4 Å². The highest BCUT2D eigenvalue weighted by Crippen LogP contribution is 2.32. The summed E-state index contributed by atoms with van der Waals surface area (Å²) in [5.41, 5.74) is 5.99. The minimum atomic E-state index is -4.27. The maximum absolute atomic E-state index is 12.3. The van der Waals surface area contributed by atoms with Crippen molar-refractivity contribution in [3.8, 4) is 0 Å². The fourth-order valence-corrected chi connectivity index (χ4v) is 2.23. The van der Waals surface area contributed by atoms with Crippen LogP contribution < -0.4 is 11.1 Å². The van der Waals surface area contributed by atoms with Gasteiger partial charge in [-0.1, -0.05) is 12.1 Å². The number of carbonyl (C=O) groups excluding carboxylic acids is 1. The van der Waals surface area contributed by atoms with Crippen molar-refractivity contribution in [3.05, 3.63) is 24.3 Å². The minimum absolute atomic E-state index is 0.324. The maximum atomic E-state index is 12.3. The van der Waals surface area contributed by atoms with Gasteiger partial charge < -0.3 is 15.8 Å². The second kappa shape index (κ2) is 8.26. The molecule has 118 valence electrons. The Balaban J connectivity index is 2.68. The number of nitrogens with one attached hydrogen (secondary N) is 1. The van der Waals surface area contributed by atoms with Gasteiger partial charge >= 0.3 is 6.18 Å². The number of hydrogen-bond acceptors (Lipinski definition) is 4. The van der Waals surface area contributed by atoms with Crippen molar-refractivity contribution in [3.63, 3.8) is 0 Å². The van der Waals surface area contributed by atoms with E-state index in [1.807, 2.05) is 0 Å². The van der Waals surface area contributed by atoms with Gasteiger partial charge in [-0.05, 0) is 18.6 Å². The maximum Gasteiger partial charge on any atom is 0.398 e. The molecule has 0 heterocycles. The predicted molar refractivity (Wildman–Crippen MR) is 76.3 cm³/mol. The van der Waals surface area contributed by atoms with Gasteiger partial charge in [-0.25, -0.2) is 0 Å². The van der Waals surface area contributed by atoms with Crippen molar-refractivity contribution in [1.29, 1.82) is 0 Å². The van der Waals surface area contributed by atoms with Crippen LogP contribution in [-0.2, 0) is 9.53 Å². The number of alkyl halides is 3. The summed E-state index contributed by atoms with van der Waals surface area (Å²) in [6.45, 7) is 0.332. The first kappa shape index (κ1) is 17.8. The molecule has 0 aromatic heterocycles. The highest BCUT2D eigenvalue weighted by atomic mass is 32.2. The van der Waals surface area contributed by atoms with E-state index in [1.165, 1.54) is 13.2 Å². The topological polar surface area (TPSA) is 64.3 Å². The van der Waals surface area contributed by atoms with Crippen LogP contribution in [0.15, 0.2) is 29.2 Å². The van der Waals surface area contributed by atoms with Crippen LogP contribution in [0.4, 0.5) is 18.9 Å². The van der Waals surface area contributed by atoms with Crippen molar-refractivity contribution < 1.29 is 22.7 Å². The zero-order valence-electron chi connectivity index (χ0n) is 11.4. The number of carbonyl (C=O) groups is 1. The Morgan fingerprint density at radius 3 is 2.71 bits per heavy atom. The second-order valence-corrected chi connectivity index (χ2v) is 5.29. The summed E-state index contributed by atoms with van der Waals surface area (Å²) < 4.78 is 41.6. The molecule has 0 aliphatic heterocycles. The van der Waals surface area contributed by atoms with E-state index in [4.69, 9.17) is 10.5 Å². The molecule has 0 fully saturated rings. The summed E-state index contributed by atoms with van der Waals surface area (Å²) in [6.07, 6.45) is -3.93. The second-order valence-electron chi connectivity index (χ2n) is 4.28. The van der Waals surface area contributed by atoms with E-state index >= 15 is 0 Å². The Bertz CT molecular complexity index is 469. The molecule has 0 saturated heterocycles. The molecule has 8 heteroatoms. The number of thioether (sulfide) groups is 1. The van der Waals surface area contributed by atoms with Gasteiger partial charge in [0.15, 0.2) is 0 Å². The molecule has 1 unspecified atom stereocenters. The lowest BCUT2D eigenvalue weighted by atomic mass is 10.2. The monoisotopic (exact) mass is 322 g/mol. The number of anilines is 1. The van der Waals surface area contributed by atoms with Gasteiger partial charge in [0.05, 0.1) is 17.5 Å². The molecule has 21 heavy (non-hydrogen) atoms. The van der Waals surface area contributed by atoms with E-state index in [9.17, 15) is 18.0 Å². The van der Waals surface area contributed by atoms with Gasteiger partial charge in [-0.2, -0.15) is 13.2 Å². The average molecular weight is 322 g/mol. The minimum Gasteiger partial charge on any atom is -0.385 e. The fourth-order valence-electron chi connectivity index (χ4n) is 1.46. The fraction of sp³-hybridized carbons (Fsp3) is 0.462. The molecule has 0 bridgehead atoms. The zero-order valence-corrected chi connectivity index (χ0v) is 12.3. The first-order valence-corrected chi connectivity index (χ1v) is 7.16. The van der Waals surface area contributed by atoms with E-state index in [0.717, 1.165) is 0 Å². The highest BCUT2D eigenvalue weighted by molar-refractivity contribution is 7.99. The third kappa shape index (κ3) is 6.83. The molecule has 4 nitrogen and oxygen atoms in total. The number of amides is 1. The lowest BCUT2D eigenvalue weighted by Gasteiger charge is -2.15. The number of para-hydroxylation sites is 1. The predicted octanol–water partition coefficient (Wildman–Crippen LogP) is 2.64. The van der Waals surface area contributed by atoms with Gasteiger partial charge in [0, 0.05) is 18.6 Å². The van der Waals surface area contributed by atoms with E-state index in [1.54, 1.807) is 18.2 Å². The molecule has 3 N–H and O–H groups in total. The number of methoxy groups -OCH3 is 1. The lowest BCUT2D eigenvalue weighted by molar-refractivity contribution is -0.117. The Morgan fingerprint density at radius 2 is 2.10 bits per heavy atom. The third-order valence-corrected chi connectivity index (χ3v) is 3.64. The summed E-state index contributed by atoms with van der Waals surface area (Å²) >= 11 is 0.620. The van der Waals surface area contributed by atoms with Crippen molar-refractivity contribution in [2.75, 3.05) is 24.8 Å². The van der Waals surface area contributed by atoms with E-state index < -0.39 is 23.9 Å². The molecule has 0 radical (unpaired) electrons. The Hall–Kier alpha value is -1.25. The van der Waals surface area contributed by atoms with Crippen LogP contribution in [0.3, 0.4) is 0 Å². The first-order valence-electron chi connectivity index (χ1n) is 6.17. The van der Waals surface area contributed by atoms with Crippen LogP contribution in [0, 0.1) is 0 Å². The highest BCUT2D eigenvalue weighted by Gasteiger charge is 2.27. The molecule has 1 atom stereocenters. The summed E-state index contributed by atoms with van der Waals surface area (Å²) in [4.78, 5) is 12.2. The van der Waals surface area contributed by atoms with Gasteiger partial charge in [0.1, 0.15) is 0 Å². The van der Waals surface area contributed by atoms with Crippen LogP contribution in [-0.4, -0.2) is 37.6 Å². The average Bonchev–Trinajstić information content (AvgIpc) is 2.42. The SMILES string of the molecule is COCCC(N)C(=O)Nc1ccccc1SCC(F)(F)F. The van der Waals surface area contributed by atoms with E-state index in [0.29, 0.717) is 35.4 Å². The quantitative estimate of drug-likeness (QED) is 0.758. The molecule has 0 aliphatic carbocycles. The number of ether oxygens (including phenoxy) is 1. The Labute approximate surface area is 125 Å². The van der Waals surface area contributed by atoms with Crippen LogP contribution in [0.2, 0.25) is 0 Å². The Morgan fingerprint density at radius 1 is 1.43 bits per heavy atom. The van der Waals surface area contributed by atoms with Crippen molar-refractivity contribution in [2.45, 2.75) is 23.5 Å². The zero-order chi connectivity index (χ0) is 15.9. The van der Waals surface area contributed by atoms with Gasteiger partial charge in [0.2, 0.25) is 5.91 Å². The first-order chi connectivity index (χ1) is 9.83. The standard InChI is InChI=1S/C13H17F3N2O2S/c1-20-7-6-9(17)12(19)18-10-4-2-3-5-11(10)21-8-13(14,15)16/h2-5,9H,6-8,17H2,1H3,(H,18,19). The smallest absolute Gasteiger partial charge is 0.385 e. The normalized spacial score (nSPS) is 13.0. The molecule has 0 aliphatic rings. The summed E-state index contributed by atoms with van der Waals surface area (Å²) in [5, 5.41) is 2.55. The van der Waals surface area contributed by atoms with E-state index in [2.05, 4.69) is 5.32 Å². The molecule has 1 amide bonds. The van der Waals surface area contributed by atoms with Gasteiger partial charge in [0.25, 0.3) is 0 Å². The molecule has 0 spiro atoms. The third-order valence-electron chi connectivity index (χ3n) is 2.51. The van der Waals surface area contributed by atoms with Gasteiger partial charge in [-0.15, -0.1) is 11.8 Å². The van der Waals surface area contributed by atoms with Crippen molar-refractivity contribution in [2.24, 2.45) is 5.73 Å². The van der Waals surface area contributed by atoms with Crippen LogP contribution in [0.1, 0.15) is 6.42 Å². The van der Waals surface area contributed by atoms with Gasteiger partial charge in [-0.3, -0.25) is 4.79 Å². The van der Waals surface area contributed by atoms with Crippen LogP contribution in [0.5, 0.6) is 0 Å². The number of rotatable bonds is 7. The number of hydrogen-bond donors (Lipinski definition) is 2. The van der Waals surface area contributed by atoms with Crippen molar-refractivity contribution in [1.82, 2.24) is 0 Å². The summed E-state index contributed by atoms with van der Waals surface area (Å²) in [5.74, 6) is -1.47. The molecule has 0 saturated carbocycles. The van der Waals surface area contributed by atoms with E-state index in [-0.39, 0.29) is 0 Å². The molecule has 1 aromatic carbocycles. The van der Waals surface area contributed by atoms with Crippen LogP contribution in [0.25, 0.3) is 0 Å². The lowest BCUT2D eigenvalue weighted by Crippen LogP contribution is -2.36. The summed E-state index contributed by atoms with van der Waals surface area (Å²) in [6, 6.07) is 5.53.